The van der Waals surface area contributed by atoms with Crippen LogP contribution in [-0.4, -0.2) is 49.6 Å². The molecular formula is C18H26N2O5S. The average Bonchev–Trinajstić information content (AvgIpc) is 2.89. The van der Waals surface area contributed by atoms with Crippen molar-refractivity contribution in [2.75, 3.05) is 17.6 Å². The van der Waals surface area contributed by atoms with Crippen LogP contribution in [0.15, 0.2) is 12.1 Å². The van der Waals surface area contributed by atoms with Gasteiger partial charge in [0, 0.05) is 25.2 Å². The summed E-state index contributed by atoms with van der Waals surface area (Å²) in [5.41, 5.74) is 0.912. The zero-order chi connectivity index (χ0) is 19.6. The van der Waals surface area contributed by atoms with Crippen molar-refractivity contribution < 1.29 is 23.1 Å². The van der Waals surface area contributed by atoms with Gasteiger partial charge in [-0.25, -0.2) is 13.2 Å². The van der Waals surface area contributed by atoms with Gasteiger partial charge in [0.05, 0.1) is 17.5 Å². The van der Waals surface area contributed by atoms with Gasteiger partial charge in [0.25, 0.3) is 5.91 Å². The van der Waals surface area contributed by atoms with Crippen LogP contribution in [-0.2, 0) is 16.6 Å². The first-order chi connectivity index (χ1) is 12.1. The van der Waals surface area contributed by atoms with Gasteiger partial charge in [0.15, 0.2) is 0 Å². The van der Waals surface area contributed by atoms with Crippen LogP contribution in [0.5, 0.6) is 0 Å². The van der Waals surface area contributed by atoms with Crippen molar-refractivity contribution in [2.45, 2.75) is 52.1 Å². The quantitative estimate of drug-likeness (QED) is 0.746. The van der Waals surface area contributed by atoms with Crippen molar-refractivity contribution in [3.8, 4) is 0 Å². The molecular weight excluding hydrogens is 356 g/mol. The smallest absolute Gasteiger partial charge is 0.336 e. The van der Waals surface area contributed by atoms with E-state index >= 15 is 0 Å². The fourth-order valence-corrected chi connectivity index (χ4v) is 3.88. The van der Waals surface area contributed by atoms with E-state index in [1.807, 2.05) is 0 Å². The second-order valence-corrected chi connectivity index (χ2v) is 8.73. The summed E-state index contributed by atoms with van der Waals surface area (Å²) in [4.78, 5) is 26.4. The molecule has 8 heteroatoms. The molecule has 0 atom stereocenters. The Morgan fingerprint density at radius 3 is 2.31 bits per heavy atom. The Bertz CT molecular complexity index is 813. The summed E-state index contributed by atoms with van der Waals surface area (Å²) in [6, 6.07) is 2.87. The number of sulfonamides is 1. The number of nitrogens with zero attached hydrogens (tertiary/aromatic N) is 2. The molecule has 0 saturated heterocycles. The third-order valence-electron chi connectivity index (χ3n) is 4.83. The van der Waals surface area contributed by atoms with Gasteiger partial charge in [-0.05, 0) is 30.5 Å². The van der Waals surface area contributed by atoms with E-state index in [0.29, 0.717) is 5.56 Å². The van der Waals surface area contributed by atoms with E-state index in [9.17, 15) is 23.1 Å². The van der Waals surface area contributed by atoms with E-state index in [-0.39, 0.29) is 35.3 Å². The minimum Gasteiger partial charge on any atom is -0.478 e. The number of benzene rings is 1. The molecule has 2 rings (SSSR count). The summed E-state index contributed by atoms with van der Waals surface area (Å²) in [6.07, 6.45) is 4.60. The summed E-state index contributed by atoms with van der Waals surface area (Å²) < 4.78 is 24.6. The van der Waals surface area contributed by atoms with Crippen molar-refractivity contribution >= 4 is 27.6 Å². The lowest BCUT2D eigenvalue weighted by atomic mass is 10.0. The molecule has 7 nitrogen and oxygen atoms in total. The highest BCUT2D eigenvalue weighted by Crippen LogP contribution is 2.34. The lowest BCUT2D eigenvalue weighted by molar-refractivity contribution is 0.0666. The first kappa shape index (κ1) is 20.2. The standard InChI is InChI=1S/C18H26N2O5S/c1-5-7-12(8-6-2)20-11-16-14(17(20)21)9-13(10-15(16)18(22)23)19(3)26(4,24)25/h9-10,12H,5-8,11H2,1-4H3,(H,22,23). The Balaban J connectivity index is 2.53. The molecule has 26 heavy (non-hydrogen) atoms. The molecule has 0 fully saturated rings. The minimum atomic E-state index is -3.56. The predicted octanol–water partition coefficient (Wildman–Crippen LogP) is 2.71. The van der Waals surface area contributed by atoms with E-state index in [0.717, 1.165) is 36.2 Å². The van der Waals surface area contributed by atoms with Crippen molar-refractivity contribution in [2.24, 2.45) is 0 Å². The average molecular weight is 382 g/mol. The van der Waals surface area contributed by atoms with E-state index in [4.69, 9.17) is 0 Å². The van der Waals surface area contributed by atoms with Gasteiger partial charge < -0.3 is 10.0 Å². The summed E-state index contributed by atoms with van der Waals surface area (Å²) >= 11 is 0. The van der Waals surface area contributed by atoms with Crippen molar-refractivity contribution in [1.82, 2.24) is 4.90 Å². The number of hydrogen-bond acceptors (Lipinski definition) is 4. The molecule has 0 aliphatic carbocycles. The van der Waals surface area contributed by atoms with Gasteiger partial charge in [0.1, 0.15) is 0 Å². The molecule has 1 heterocycles. The van der Waals surface area contributed by atoms with Crippen LogP contribution in [0.3, 0.4) is 0 Å². The SMILES string of the molecule is CCCC(CCC)N1Cc2c(C(=O)O)cc(N(C)S(C)(=O)=O)cc2C1=O. The zero-order valence-corrected chi connectivity index (χ0v) is 16.5. The Kier molecular flexibility index (Phi) is 5.95. The van der Waals surface area contributed by atoms with Gasteiger partial charge in [-0.15, -0.1) is 0 Å². The molecule has 1 aliphatic rings. The van der Waals surface area contributed by atoms with E-state index in [2.05, 4.69) is 13.8 Å². The third kappa shape index (κ3) is 3.85. The normalized spacial score (nSPS) is 14.0. The second kappa shape index (κ2) is 7.65. The highest BCUT2D eigenvalue weighted by molar-refractivity contribution is 7.92. The Labute approximate surface area is 154 Å². The number of amides is 1. The molecule has 144 valence electrons. The van der Waals surface area contributed by atoms with Gasteiger partial charge >= 0.3 is 5.97 Å². The molecule has 0 aromatic heterocycles. The molecule has 1 amide bonds. The van der Waals surface area contributed by atoms with E-state index in [1.165, 1.54) is 19.2 Å². The fourth-order valence-electron chi connectivity index (χ4n) is 3.40. The number of carbonyl (C=O) groups excluding carboxylic acids is 1. The molecule has 0 spiro atoms. The largest absolute Gasteiger partial charge is 0.478 e. The van der Waals surface area contributed by atoms with Crippen LogP contribution in [0.25, 0.3) is 0 Å². The van der Waals surface area contributed by atoms with Crippen molar-refractivity contribution in [3.63, 3.8) is 0 Å². The highest BCUT2D eigenvalue weighted by atomic mass is 32.2. The van der Waals surface area contributed by atoms with Crippen LogP contribution in [0.4, 0.5) is 5.69 Å². The molecule has 1 aliphatic heterocycles. The number of fused-ring (bicyclic) bond motifs is 1. The Hall–Kier alpha value is -2.09. The first-order valence-electron chi connectivity index (χ1n) is 8.76. The lowest BCUT2D eigenvalue weighted by Gasteiger charge is -2.27. The number of rotatable bonds is 8. The van der Waals surface area contributed by atoms with Crippen LogP contribution in [0.1, 0.15) is 65.8 Å². The molecule has 1 aromatic rings. The molecule has 0 saturated carbocycles. The highest BCUT2D eigenvalue weighted by Gasteiger charge is 2.36. The Morgan fingerprint density at radius 2 is 1.85 bits per heavy atom. The Morgan fingerprint density at radius 1 is 1.27 bits per heavy atom. The van der Waals surface area contributed by atoms with E-state index < -0.39 is 16.0 Å². The molecule has 0 bridgehead atoms. The van der Waals surface area contributed by atoms with Crippen LogP contribution in [0, 0.1) is 0 Å². The maximum Gasteiger partial charge on any atom is 0.336 e. The number of carbonyl (C=O) groups is 2. The van der Waals surface area contributed by atoms with Gasteiger partial charge in [-0.2, -0.15) is 0 Å². The second-order valence-electron chi connectivity index (χ2n) is 6.72. The molecule has 1 N–H and O–H groups in total. The van der Waals surface area contributed by atoms with Gasteiger partial charge in [0.2, 0.25) is 10.0 Å². The van der Waals surface area contributed by atoms with Crippen molar-refractivity contribution in [3.05, 3.63) is 28.8 Å². The van der Waals surface area contributed by atoms with Gasteiger partial charge in [-0.3, -0.25) is 9.10 Å². The van der Waals surface area contributed by atoms with Crippen LogP contribution < -0.4 is 4.31 Å². The van der Waals surface area contributed by atoms with Crippen molar-refractivity contribution in [1.29, 1.82) is 0 Å². The summed E-state index contributed by atoms with van der Waals surface area (Å²) in [5, 5.41) is 9.58. The fraction of sp³-hybridized carbons (Fsp3) is 0.556. The minimum absolute atomic E-state index is 0.0180. The number of aromatic carboxylic acids is 1. The maximum atomic E-state index is 13.0. The summed E-state index contributed by atoms with van der Waals surface area (Å²) in [6.45, 7) is 4.36. The number of hydrogen-bond donors (Lipinski definition) is 1. The number of carboxylic acid groups (broad SMARTS) is 1. The monoisotopic (exact) mass is 382 g/mol. The maximum absolute atomic E-state index is 13.0. The van der Waals surface area contributed by atoms with Crippen LogP contribution in [0.2, 0.25) is 0 Å². The lowest BCUT2D eigenvalue weighted by Crippen LogP contribution is -2.35. The predicted molar refractivity (Wildman–Crippen MR) is 100 cm³/mol. The molecule has 0 radical (unpaired) electrons. The topological polar surface area (TPSA) is 95.0 Å². The first-order valence-corrected chi connectivity index (χ1v) is 10.6. The summed E-state index contributed by atoms with van der Waals surface area (Å²) in [7, 11) is -2.22. The molecule has 0 unspecified atom stereocenters. The number of carboxylic acids is 1. The van der Waals surface area contributed by atoms with Gasteiger partial charge in [-0.1, -0.05) is 26.7 Å². The zero-order valence-electron chi connectivity index (χ0n) is 15.7. The molecule has 1 aromatic carbocycles. The third-order valence-corrected chi connectivity index (χ3v) is 6.04. The summed E-state index contributed by atoms with van der Waals surface area (Å²) in [5.74, 6) is -1.39. The number of anilines is 1. The van der Waals surface area contributed by atoms with E-state index in [1.54, 1.807) is 4.90 Å². The van der Waals surface area contributed by atoms with Crippen LogP contribution >= 0.6 is 0 Å².